The van der Waals surface area contributed by atoms with E-state index in [0.717, 1.165) is 35.6 Å². The molecule has 4 nitrogen and oxygen atoms in total. The van der Waals surface area contributed by atoms with Crippen LogP contribution in [0.15, 0.2) is 48.8 Å². The minimum absolute atomic E-state index is 0.361. The summed E-state index contributed by atoms with van der Waals surface area (Å²) < 4.78 is 0. The summed E-state index contributed by atoms with van der Waals surface area (Å²) in [6, 6.07) is 12.7. The van der Waals surface area contributed by atoms with E-state index in [-0.39, 0.29) is 0 Å². The minimum atomic E-state index is 0.361. The molecule has 3 rings (SSSR count). The van der Waals surface area contributed by atoms with Crippen LogP contribution < -0.4 is 0 Å². The van der Waals surface area contributed by atoms with Crippen LogP contribution in [0.1, 0.15) is 73.8 Å². The van der Waals surface area contributed by atoms with Gasteiger partial charge in [0.1, 0.15) is 0 Å². The van der Waals surface area contributed by atoms with E-state index in [1.807, 2.05) is 18.5 Å². The number of rotatable bonds is 7. The molecule has 26 heavy (non-hydrogen) atoms. The van der Waals surface area contributed by atoms with Crippen LogP contribution in [0.25, 0.3) is 0 Å². The van der Waals surface area contributed by atoms with Gasteiger partial charge in [-0.25, -0.2) is 0 Å². The van der Waals surface area contributed by atoms with Gasteiger partial charge in [0.25, 0.3) is 0 Å². The van der Waals surface area contributed by atoms with Gasteiger partial charge in [0.2, 0.25) is 0 Å². The lowest BCUT2D eigenvalue weighted by atomic mass is 9.95. The summed E-state index contributed by atoms with van der Waals surface area (Å²) in [7, 11) is 0. The lowest BCUT2D eigenvalue weighted by molar-refractivity contribution is 0.700. The number of aromatic amines is 1. The first-order valence-electron chi connectivity index (χ1n) is 9.43. The van der Waals surface area contributed by atoms with Crippen molar-refractivity contribution < 1.29 is 0 Å². The quantitative estimate of drug-likeness (QED) is 0.652. The molecule has 0 radical (unpaired) electrons. The molecule has 3 heterocycles. The van der Waals surface area contributed by atoms with Crippen LogP contribution >= 0.6 is 0 Å². The largest absolute Gasteiger partial charge is 0.285 e. The Bertz CT molecular complexity index is 806. The Morgan fingerprint density at radius 1 is 0.846 bits per heavy atom. The van der Waals surface area contributed by atoms with Crippen molar-refractivity contribution in [1.82, 2.24) is 20.2 Å². The Labute approximate surface area is 156 Å². The summed E-state index contributed by atoms with van der Waals surface area (Å²) in [5, 5.41) is 7.14. The molecule has 4 heteroatoms. The van der Waals surface area contributed by atoms with Gasteiger partial charge in [-0.15, -0.1) is 0 Å². The van der Waals surface area contributed by atoms with Crippen molar-refractivity contribution >= 4 is 0 Å². The van der Waals surface area contributed by atoms with Crippen LogP contribution in [0.3, 0.4) is 0 Å². The average Bonchev–Trinajstić information content (AvgIpc) is 3.17. The highest BCUT2D eigenvalue weighted by Gasteiger charge is 2.12. The molecular weight excluding hydrogens is 320 g/mol. The van der Waals surface area contributed by atoms with Crippen LogP contribution in [-0.4, -0.2) is 20.2 Å². The number of H-pyrrole nitrogens is 1. The first-order chi connectivity index (χ1) is 12.5. The van der Waals surface area contributed by atoms with E-state index in [4.69, 9.17) is 4.98 Å². The van der Waals surface area contributed by atoms with E-state index in [9.17, 15) is 0 Å². The molecule has 0 saturated carbocycles. The van der Waals surface area contributed by atoms with Gasteiger partial charge in [0.05, 0.1) is 5.69 Å². The number of nitrogens with zero attached hydrogens (tertiary/aromatic N) is 3. The molecule has 0 saturated heterocycles. The molecule has 0 bridgehead atoms. The standard InChI is InChI=1S/C22H28N4/c1-15(2)21-7-5-6-20(25-21)12-16(3)18-8-9-19(23-14-18)13-17(4)22-10-11-24-26-22/h5-11,14-17H,12-13H2,1-4H3,(H,24,26). The fraction of sp³-hybridized carbons (Fsp3) is 0.409. The lowest BCUT2D eigenvalue weighted by Gasteiger charge is -2.14. The highest BCUT2D eigenvalue weighted by Crippen LogP contribution is 2.22. The van der Waals surface area contributed by atoms with Gasteiger partial charge in [-0.05, 0) is 54.5 Å². The van der Waals surface area contributed by atoms with Gasteiger partial charge in [-0.3, -0.25) is 15.1 Å². The number of nitrogens with one attached hydrogen (secondary N) is 1. The second kappa shape index (κ2) is 8.26. The van der Waals surface area contributed by atoms with E-state index in [2.05, 4.69) is 73.2 Å². The van der Waals surface area contributed by atoms with Gasteiger partial charge in [-0.1, -0.05) is 39.8 Å². The van der Waals surface area contributed by atoms with Crippen LogP contribution in [0.5, 0.6) is 0 Å². The highest BCUT2D eigenvalue weighted by atomic mass is 15.1. The molecule has 0 aliphatic rings. The monoisotopic (exact) mass is 348 g/mol. The second-order valence-corrected chi connectivity index (χ2v) is 7.50. The Balaban J connectivity index is 1.63. The lowest BCUT2D eigenvalue weighted by Crippen LogP contribution is -2.05. The number of pyridine rings is 2. The third-order valence-electron chi connectivity index (χ3n) is 4.89. The van der Waals surface area contributed by atoms with Gasteiger partial charge >= 0.3 is 0 Å². The van der Waals surface area contributed by atoms with Crippen molar-refractivity contribution in [3.8, 4) is 0 Å². The molecule has 0 aromatic carbocycles. The maximum Gasteiger partial charge on any atom is 0.0654 e. The first kappa shape index (κ1) is 18.3. The second-order valence-electron chi connectivity index (χ2n) is 7.50. The number of hydrogen-bond donors (Lipinski definition) is 1. The normalized spacial score (nSPS) is 13.7. The van der Waals surface area contributed by atoms with Crippen molar-refractivity contribution in [3.63, 3.8) is 0 Å². The van der Waals surface area contributed by atoms with E-state index in [0.29, 0.717) is 17.8 Å². The summed E-state index contributed by atoms with van der Waals surface area (Å²) in [6.07, 6.45) is 5.72. The van der Waals surface area contributed by atoms with E-state index >= 15 is 0 Å². The zero-order chi connectivity index (χ0) is 18.5. The average molecular weight is 348 g/mol. The van der Waals surface area contributed by atoms with Crippen molar-refractivity contribution in [2.75, 3.05) is 0 Å². The van der Waals surface area contributed by atoms with E-state index in [1.54, 1.807) is 0 Å². The topological polar surface area (TPSA) is 54.5 Å². The van der Waals surface area contributed by atoms with Crippen molar-refractivity contribution in [3.05, 3.63) is 77.1 Å². The van der Waals surface area contributed by atoms with Gasteiger partial charge in [0.15, 0.2) is 0 Å². The minimum Gasteiger partial charge on any atom is -0.285 e. The first-order valence-corrected chi connectivity index (χ1v) is 9.43. The zero-order valence-corrected chi connectivity index (χ0v) is 16.1. The molecule has 3 aromatic rings. The Morgan fingerprint density at radius 3 is 2.31 bits per heavy atom. The van der Waals surface area contributed by atoms with E-state index < -0.39 is 0 Å². The molecule has 0 aliphatic heterocycles. The molecule has 0 amide bonds. The van der Waals surface area contributed by atoms with Crippen LogP contribution in [0.2, 0.25) is 0 Å². The Morgan fingerprint density at radius 2 is 1.65 bits per heavy atom. The maximum absolute atomic E-state index is 4.79. The molecule has 0 fully saturated rings. The zero-order valence-electron chi connectivity index (χ0n) is 16.1. The Kier molecular flexibility index (Phi) is 5.82. The fourth-order valence-electron chi connectivity index (χ4n) is 3.18. The summed E-state index contributed by atoms with van der Waals surface area (Å²) in [5.41, 5.74) is 5.77. The third-order valence-corrected chi connectivity index (χ3v) is 4.89. The van der Waals surface area contributed by atoms with Crippen molar-refractivity contribution in [1.29, 1.82) is 0 Å². The molecule has 2 unspecified atom stereocenters. The summed E-state index contributed by atoms with van der Waals surface area (Å²) in [4.78, 5) is 9.47. The fourth-order valence-corrected chi connectivity index (χ4v) is 3.18. The molecule has 0 spiro atoms. The maximum atomic E-state index is 4.79. The third kappa shape index (κ3) is 4.57. The van der Waals surface area contributed by atoms with Crippen molar-refractivity contribution in [2.45, 2.75) is 58.3 Å². The number of aromatic nitrogens is 4. The summed E-state index contributed by atoms with van der Waals surface area (Å²) >= 11 is 0. The highest BCUT2D eigenvalue weighted by molar-refractivity contribution is 5.22. The van der Waals surface area contributed by atoms with Crippen LogP contribution in [-0.2, 0) is 12.8 Å². The van der Waals surface area contributed by atoms with Crippen LogP contribution in [0.4, 0.5) is 0 Å². The van der Waals surface area contributed by atoms with Crippen molar-refractivity contribution in [2.24, 2.45) is 0 Å². The van der Waals surface area contributed by atoms with Gasteiger partial charge < -0.3 is 0 Å². The van der Waals surface area contributed by atoms with Gasteiger partial charge in [-0.2, -0.15) is 5.10 Å². The predicted octanol–water partition coefficient (Wildman–Crippen LogP) is 5.02. The number of hydrogen-bond acceptors (Lipinski definition) is 3. The van der Waals surface area contributed by atoms with Gasteiger partial charge in [0, 0.05) is 35.4 Å². The Hall–Kier alpha value is -2.49. The summed E-state index contributed by atoms with van der Waals surface area (Å²) in [6.45, 7) is 8.79. The SMILES string of the molecule is CC(C)c1cccc(CC(C)c2ccc(CC(C)c3cc[nH]n3)nc2)n1. The summed E-state index contributed by atoms with van der Waals surface area (Å²) in [5.74, 6) is 1.22. The molecular formula is C22H28N4. The molecule has 1 N–H and O–H groups in total. The molecule has 0 aliphatic carbocycles. The van der Waals surface area contributed by atoms with E-state index in [1.165, 1.54) is 5.56 Å². The predicted molar refractivity (Wildman–Crippen MR) is 105 cm³/mol. The van der Waals surface area contributed by atoms with Crippen LogP contribution in [0, 0.1) is 0 Å². The molecule has 3 aromatic heterocycles. The molecule has 2 atom stereocenters. The smallest absolute Gasteiger partial charge is 0.0654 e. The molecule has 136 valence electrons.